The minimum Gasteiger partial charge on any atom is -0.493 e. The summed E-state index contributed by atoms with van der Waals surface area (Å²) < 4.78 is 13.3. The minimum atomic E-state index is -0.187. The molecule has 0 unspecified atom stereocenters. The second kappa shape index (κ2) is 9.57. The van der Waals surface area contributed by atoms with E-state index in [1.54, 1.807) is 6.08 Å². The summed E-state index contributed by atoms with van der Waals surface area (Å²) >= 11 is 1.32. The predicted molar refractivity (Wildman–Crippen MR) is 124 cm³/mol. The van der Waals surface area contributed by atoms with Crippen LogP contribution in [-0.4, -0.2) is 27.8 Å². The smallest absolute Gasteiger partial charge is 0.291 e. The van der Waals surface area contributed by atoms with Crippen LogP contribution in [0.4, 0.5) is 0 Å². The van der Waals surface area contributed by atoms with Crippen molar-refractivity contribution in [2.24, 2.45) is 0 Å². The van der Waals surface area contributed by atoms with E-state index in [2.05, 4.69) is 23.6 Å². The van der Waals surface area contributed by atoms with Gasteiger partial charge >= 0.3 is 0 Å². The topological polar surface area (TPSA) is 65.7 Å². The van der Waals surface area contributed by atoms with E-state index in [9.17, 15) is 4.79 Å². The maximum absolute atomic E-state index is 12.9. The molecule has 0 spiro atoms. The first kappa shape index (κ1) is 20.8. The molecule has 0 aliphatic rings. The first-order valence-electron chi connectivity index (χ1n) is 10.2. The molecule has 7 heteroatoms. The molecule has 0 N–H and O–H groups in total. The lowest BCUT2D eigenvalue weighted by Crippen LogP contribution is -2.23. The van der Waals surface area contributed by atoms with Crippen molar-refractivity contribution in [2.75, 3.05) is 13.2 Å². The van der Waals surface area contributed by atoms with Crippen LogP contribution in [0.3, 0.4) is 0 Å². The second-order valence-corrected chi connectivity index (χ2v) is 7.92. The van der Waals surface area contributed by atoms with Crippen LogP contribution in [0, 0.1) is 0 Å². The molecule has 0 amide bonds. The molecule has 6 nitrogen and oxygen atoms in total. The molecule has 0 aliphatic carbocycles. The molecule has 4 aromatic rings. The Morgan fingerprint density at radius 1 is 1.13 bits per heavy atom. The largest absolute Gasteiger partial charge is 0.493 e. The van der Waals surface area contributed by atoms with Crippen LogP contribution >= 0.6 is 11.3 Å². The van der Waals surface area contributed by atoms with Gasteiger partial charge in [0.1, 0.15) is 18.1 Å². The molecule has 2 aromatic heterocycles. The number of ether oxygens (including phenoxy) is 2. The number of benzene rings is 2. The molecule has 158 valence electrons. The Kier molecular flexibility index (Phi) is 6.43. The predicted octanol–water partition coefficient (Wildman–Crippen LogP) is 4.11. The van der Waals surface area contributed by atoms with Crippen molar-refractivity contribution < 1.29 is 9.47 Å². The van der Waals surface area contributed by atoms with Crippen molar-refractivity contribution in [1.82, 2.24) is 14.6 Å². The van der Waals surface area contributed by atoms with Crippen LogP contribution in [0.1, 0.15) is 25.3 Å². The summed E-state index contributed by atoms with van der Waals surface area (Å²) in [6, 6.07) is 15.2. The van der Waals surface area contributed by atoms with Crippen molar-refractivity contribution in [3.63, 3.8) is 0 Å². The summed E-state index contributed by atoms with van der Waals surface area (Å²) in [7, 11) is 0. The van der Waals surface area contributed by atoms with Gasteiger partial charge in [0, 0.05) is 11.1 Å². The van der Waals surface area contributed by atoms with Crippen molar-refractivity contribution in [1.29, 1.82) is 0 Å². The number of hydrogen-bond donors (Lipinski definition) is 0. The fraction of sp³-hybridized carbons (Fsp3) is 0.208. The van der Waals surface area contributed by atoms with E-state index >= 15 is 0 Å². The fourth-order valence-corrected chi connectivity index (χ4v) is 3.91. The van der Waals surface area contributed by atoms with Crippen LogP contribution in [0.25, 0.3) is 22.4 Å². The molecular weight excluding hydrogens is 410 g/mol. The highest BCUT2D eigenvalue weighted by molar-refractivity contribution is 7.15. The van der Waals surface area contributed by atoms with Gasteiger partial charge in [-0.1, -0.05) is 55.5 Å². The third-order valence-electron chi connectivity index (χ3n) is 4.62. The number of nitrogens with zero attached hydrogens (tertiary/aromatic N) is 3. The van der Waals surface area contributed by atoms with Gasteiger partial charge in [0.15, 0.2) is 5.82 Å². The van der Waals surface area contributed by atoms with Gasteiger partial charge in [0.05, 0.1) is 11.1 Å². The Labute approximate surface area is 184 Å². The number of hydrogen-bond acceptors (Lipinski definition) is 6. The first-order valence-corrected chi connectivity index (χ1v) is 11.0. The van der Waals surface area contributed by atoms with Crippen LogP contribution in [0.2, 0.25) is 0 Å². The van der Waals surface area contributed by atoms with E-state index in [4.69, 9.17) is 9.47 Å². The lowest BCUT2D eigenvalue weighted by Gasteiger charge is -2.07. The molecule has 4 rings (SSSR count). The van der Waals surface area contributed by atoms with Gasteiger partial charge in [-0.25, -0.2) is 0 Å². The number of unbranched alkanes of at least 4 members (excludes halogenated alkanes) is 1. The molecular formula is C24H23N3O3S. The highest BCUT2D eigenvalue weighted by Gasteiger charge is 2.12. The zero-order valence-corrected chi connectivity index (χ0v) is 18.1. The molecule has 0 aliphatic heterocycles. The SMILES string of the molecule is C=CCOc1ccc(-c2nc3s/c(=C\c4ccccc4OCCCC)c(=O)n3n2)cc1. The summed E-state index contributed by atoms with van der Waals surface area (Å²) in [5.41, 5.74) is 1.50. The highest BCUT2D eigenvalue weighted by Crippen LogP contribution is 2.21. The molecule has 31 heavy (non-hydrogen) atoms. The maximum Gasteiger partial charge on any atom is 0.291 e. The lowest BCUT2D eigenvalue weighted by molar-refractivity contribution is 0.309. The summed E-state index contributed by atoms with van der Waals surface area (Å²) in [6.07, 6.45) is 5.59. The van der Waals surface area contributed by atoms with Gasteiger partial charge in [-0.05, 0) is 42.8 Å². The van der Waals surface area contributed by atoms with E-state index in [1.807, 2.05) is 54.6 Å². The molecule has 0 saturated heterocycles. The van der Waals surface area contributed by atoms with Crippen LogP contribution in [-0.2, 0) is 0 Å². The quantitative estimate of drug-likeness (QED) is 0.294. The Bertz CT molecular complexity index is 1290. The highest BCUT2D eigenvalue weighted by atomic mass is 32.1. The second-order valence-electron chi connectivity index (χ2n) is 6.91. The van der Waals surface area contributed by atoms with E-state index in [0.717, 1.165) is 35.5 Å². The zero-order chi connectivity index (χ0) is 21.6. The van der Waals surface area contributed by atoms with E-state index in [0.29, 0.717) is 28.5 Å². The first-order chi connectivity index (χ1) is 15.2. The van der Waals surface area contributed by atoms with Crippen LogP contribution in [0.15, 0.2) is 66.0 Å². The summed E-state index contributed by atoms with van der Waals surface area (Å²) in [5, 5.41) is 4.41. The number of aromatic nitrogens is 3. The molecule has 2 heterocycles. The van der Waals surface area contributed by atoms with Crippen molar-refractivity contribution in [3.05, 3.63) is 81.6 Å². The maximum atomic E-state index is 12.9. The molecule has 0 atom stereocenters. The lowest BCUT2D eigenvalue weighted by atomic mass is 10.2. The number of rotatable bonds is 9. The Balaban J connectivity index is 1.63. The molecule has 0 radical (unpaired) electrons. The monoisotopic (exact) mass is 433 g/mol. The molecule has 0 fully saturated rings. The average molecular weight is 434 g/mol. The molecule has 0 bridgehead atoms. The normalized spacial score (nSPS) is 11.7. The Hall–Kier alpha value is -3.45. The van der Waals surface area contributed by atoms with Gasteiger partial charge in [0.25, 0.3) is 5.56 Å². The number of thiazole rings is 1. The van der Waals surface area contributed by atoms with Crippen LogP contribution < -0.4 is 19.6 Å². The average Bonchev–Trinajstić information content (AvgIpc) is 3.33. The summed E-state index contributed by atoms with van der Waals surface area (Å²) in [6.45, 7) is 6.86. The van der Waals surface area contributed by atoms with Crippen molar-refractivity contribution in [2.45, 2.75) is 19.8 Å². The third-order valence-corrected chi connectivity index (χ3v) is 5.58. The van der Waals surface area contributed by atoms with Gasteiger partial charge in [-0.3, -0.25) is 4.79 Å². The van der Waals surface area contributed by atoms with Crippen LogP contribution in [0.5, 0.6) is 11.5 Å². The van der Waals surface area contributed by atoms with Crippen molar-refractivity contribution in [3.8, 4) is 22.9 Å². The van der Waals surface area contributed by atoms with E-state index < -0.39 is 0 Å². The molecule has 0 saturated carbocycles. The zero-order valence-electron chi connectivity index (χ0n) is 17.3. The van der Waals surface area contributed by atoms with E-state index in [-0.39, 0.29) is 5.56 Å². The van der Waals surface area contributed by atoms with Gasteiger partial charge in [-0.2, -0.15) is 9.50 Å². The minimum absolute atomic E-state index is 0.187. The standard InChI is InChI=1S/C24H23N3O3S/c1-3-5-15-30-20-9-7-6-8-18(20)16-21-23(28)27-24(31-21)25-22(26-27)17-10-12-19(13-11-17)29-14-4-2/h4,6-13,16H,2-3,5,14-15H2,1H3/b21-16-. The number of para-hydroxylation sites is 1. The molecule has 2 aromatic carbocycles. The Morgan fingerprint density at radius 3 is 2.68 bits per heavy atom. The van der Waals surface area contributed by atoms with Gasteiger partial charge in [-0.15, -0.1) is 5.10 Å². The fourth-order valence-electron chi connectivity index (χ4n) is 3.01. The third kappa shape index (κ3) is 4.67. The van der Waals surface area contributed by atoms with Gasteiger partial charge in [0.2, 0.25) is 4.96 Å². The summed E-state index contributed by atoms with van der Waals surface area (Å²) in [4.78, 5) is 18.0. The van der Waals surface area contributed by atoms with Crippen molar-refractivity contribution >= 4 is 22.4 Å². The number of fused-ring (bicyclic) bond motifs is 1. The summed E-state index contributed by atoms with van der Waals surface area (Å²) in [5.74, 6) is 2.02. The van der Waals surface area contributed by atoms with E-state index in [1.165, 1.54) is 15.9 Å². The Morgan fingerprint density at radius 2 is 1.94 bits per heavy atom. The van der Waals surface area contributed by atoms with Gasteiger partial charge < -0.3 is 9.47 Å².